The second kappa shape index (κ2) is 7.89. The van der Waals surface area contributed by atoms with Crippen molar-refractivity contribution in [3.05, 3.63) is 29.8 Å². The van der Waals surface area contributed by atoms with Crippen molar-refractivity contribution in [1.82, 2.24) is 5.32 Å². The molecule has 0 aliphatic heterocycles. The van der Waals surface area contributed by atoms with Crippen LogP contribution in [0.5, 0.6) is 0 Å². The first-order valence-corrected chi connectivity index (χ1v) is 6.31. The largest absolute Gasteiger partial charge is 0.480 e. The minimum Gasteiger partial charge on any atom is -0.480 e. The quantitative estimate of drug-likeness (QED) is 0.407. The molecular formula is C14H16N2O6. The van der Waals surface area contributed by atoms with Gasteiger partial charge in [-0.15, -0.1) is 0 Å². The van der Waals surface area contributed by atoms with Crippen LogP contribution in [0.3, 0.4) is 0 Å². The summed E-state index contributed by atoms with van der Waals surface area (Å²) in [5.41, 5.74) is 0.310. The SMILES string of the molecule is CON(C=O)c1ccccc1C(=O)CC(NC(C)=O)C(=O)O. The molecule has 1 aromatic rings. The third-order valence-corrected chi connectivity index (χ3v) is 2.80. The molecule has 0 heterocycles. The Hall–Kier alpha value is -2.74. The number of Topliss-reactive ketones (excluding diaryl/α,β-unsaturated/α-hetero) is 1. The van der Waals surface area contributed by atoms with Crippen LogP contribution < -0.4 is 10.4 Å². The Kier molecular flexibility index (Phi) is 6.21. The van der Waals surface area contributed by atoms with Crippen molar-refractivity contribution < 1.29 is 29.1 Å². The van der Waals surface area contributed by atoms with Crippen LogP contribution in [-0.4, -0.2) is 42.3 Å². The van der Waals surface area contributed by atoms with E-state index in [0.29, 0.717) is 6.41 Å². The van der Waals surface area contributed by atoms with Gasteiger partial charge in [0.25, 0.3) is 0 Å². The van der Waals surface area contributed by atoms with Crippen molar-refractivity contribution >= 4 is 29.8 Å². The number of nitrogens with zero attached hydrogens (tertiary/aromatic N) is 1. The molecule has 0 aromatic heterocycles. The maximum Gasteiger partial charge on any atom is 0.326 e. The highest BCUT2D eigenvalue weighted by atomic mass is 16.7. The number of carboxylic acids is 1. The van der Waals surface area contributed by atoms with E-state index in [0.717, 1.165) is 12.0 Å². The molecule has 22 heavy (non-hydrogen) atoms. The molecule has 0 fully saturated rings. The van der Waals surface area contributed by atoms with Gasteiger partial charge in [-0.25, -0.2) is 4.79 Å². The lowest BCUT2D eigenvalue weighted by atomic mass is 10.0. The van der Waals surface area contributed by atoms with Gasteiger partial charge >= 0.3 is 5.97 Å². The smallest absolute Gasteiger partial charge is 0.326 e. The van der Waals surface area contributed by atoms with Gasteiger partial charge in [0, 0.05) is 18.9 Å². The monoisotopic (exact) mass is 308 g/mol. The Balaban J connectivity index is 3.04. The first kappa shape index (κ1) is 17.3. The molecule has 0 saturated heterocycles. The van der Waals surface area contributed by atoms with Crippen LogP contribution in [0.4, 0.5) is 5.69 Å². The Labute approximate surface area is 126 Å². The Bertz CT molecular complexity index is 586. The van der Waals surface area contributed by atoms with Crippen LogP contribution in [-0.2, 0) is 19.2 Å². The minimum atomic E-state index is -1.34. The summed E-state index contributed by atoms with van der Waals surface area (Å²) in [5, 5.41) is 12.1. The van der Waals surface area contributed by atoms with E-state index < -0.39 is 30.1 Å². The van der Waals surface area contributed by atoms with Gasteiger partial charge in [-0.05, 0) is 12.1 Å². The molecular weight excluding hydrogens is 292 g/mol. The second-order valence-electron chi connectivity index (χ2n) is 4.35. The molecule has 0 spiro atoms. The van der Waals surface area contributed by atoms with Crippen LogP contribution in [0.25, 0.3) is 0 Å². The number of hydrogen-bond donors (Lipinski definition) is 2. The molecule has 118 valence electrons. The highest BCUT2D eigenvalue weighted by molar-refractivity contribution is 6.04. The molecule has 0 aliphatic rings. The third-order valence-electron chi connectivity index (χ3n) is 2.80. The maximum absolute atomic E-state index is 12.3. The van der Waals surface area contributed by atoms with Crippen molar-refractivity contribution in [2.45, 2.75) is 19.4 Å². The van der Waals surface area contributed by atoms with E-state index in [-0.39, 0.29) is 11.3 Å². The molecule has 2 amide bonds. The van der Waals surface area contributed by atoms with Gasteiger partial charge in [-0.2, -0.15) is 5.06 Å². The number of carbonyl (C=O) groups excluding carboxylic acids is 3. The number of aliphatic carboxylic acids is 1. The van der Waals surface area contributed by atoms with Crippen molar-refractivity contribution in [1.29, 1.82) is 0 Å². The number of hydrogen-bond acceptors (Lipinski definition) is 5. The highest BCUT2D eigenvalue weighted by Gasteiger charge is 2.25. The van der Waals surface area contributed by atoms with E-state index >= 15 is 0 Å². The number of benzene rings is 1. The van der Waals surface area contributed by atoms with E-state index in [9.17, 15) is 19.2 Å². The summed E-state index contributed by atoms with van der Waals surface area (Å²) < 4.78 is 0. The summed E-state index contributed by atoms with van der Waals surface area (Å²) in [5.74, 6) is -2.42. The lowest BCUT2D eigenvalue weighted by Gasteiger charge is -2.18. The average Bonchev–Trinajstić information content (AvgIpc) is 2.47. The number of hydroxylamine groups is 1. The van der Waals surface area contributed by atoms with Crippen LogP contribution in [0.2, 0.25) is 0 Å². The number of rotatable bonds is 8. The van der Waals surface area contributed by atoms with Crippen molar-refractivity contribution in [2.24, 2.45) is 0 Å². The summed E-state index contributed by atoms with van der Waals surface area (Å²) in [4.78, 5) is 50.1. The summed E-state index contributed by atoms with van der Waals surface area (Å²) in [7, 11) is 1.26. The Morgan fingerprint density at radius 2 is 2.00 bits per heavy atom. The van der Waals surface area contributed by atoms with Gasteiger partial charge in [-0.1, -0.05) is 12.1 Å². The summed E-state index contributed by atoms with van der Waals surface area (Å²) >= 11 is 0. The van der Waals surface area contributed by atoms with Gasteiger partial charge in [-0.3, -0.25) is 19.2 Å². The predicted octanol–water partition coefficient (Wildman–Crippen LogP) is 0.373. The third kappa shape index (κ3) is 4.38. The van der Waals surface area contributed by atoms with Gasteiger partial charge in [0.1, 0.15) is 6.04 Å². The summed E-state index contributed by atoms with van der Waals surface area (Å²) in [6, 6.07) is 4.76. The number of ketones is 1. The zero-order valence-electron chi connectivity index (χ0n) is 12.1. The fourth-order valence-electron chi connectivity index (χ4n) is 1.84. The molecule has 0 radical (unpaired) electrons. The van der Waals surface area contributed by atoms with E-state index in [1.54, 1.807) is 12.1 Å². The second-order valence-corrected chi connectivity index (χ2v) is 4.35. The zero-order chi connectivity index (χ0) is 16.7. The molecule has 1 rings (SSSR count). The number of nitrogens with one attached hydrogen (secondary N) is 1. The van der Waals surface area contributed by atoms with E-state index in [1.165, 1.54) is 19.2 Å². The molecule has 1 atom stereocenters. The molecule has 1 aromatic carbocycles. The molecule has 0 bridgehead atoms. The van der Waals surface area contributed by atoms with Crippen molar-refractivity contribution in [3.63, 3.8) is 0 Å². The van der Waals surface area contributed by atoms with E-state index in [1.807, 2.05) is 0 Å². The standard InChI is InChI=1S/C14H16N2O6/c1-9(18)15-11(14(20)21)7-13(19)10-5-3-4-6-12(10)16(8-17)22-2/h3-6,8,11H,7H2,1-2H3,(H,15,18)(H,20,21). The predicted molar refractivity (Wildman–Crippen MR) is 76.2 cm³/mol. The number of anilines is 1. The first-order valence-electron chi connectivity index (χ1n) is 6.31. The average molecular weight is 308 g/mol. The highest BCUT2D eigenvalue weighted by Crippen LogP contribution is 2.21. The van der Waals surface area contributed by atoms with E-state index in [2.05, 4.69) is 5.32 Å². The first-order chi connectivity index (χ1) is 10.4. The summed E-state index contributed by atoms with van der Waals surface area (Å²) in [6.45, 7) is 1.16. The molecule has 0 aliphatic carbocycles. The molecule has 1 unspecified atom stereocenters. The fraction of sp³-hybridized carbons (Fsp3) is 0.286. The number of carboxylic acid groups (broad SMARTS) is 1. The van der Waals surface area contributed by atoms with Crippen LogP contribution in [0.15, 0.2) is 24.3 Å². The van der Waals surface area contributed by atoms with Crippen LogP contribution >= 0.6 is 0 Å². The van der Waals surface area contributed by atoms with Gasteiger partial charge in [0.05, 0.1) is 12.8 Å². The normalized spacial score (nSPS) is 11.4. The van der Waals surface area contributed by atoms with Gasteiger partial charge < -0.3 is 10.4 Å². The van der Waals surface area contributed by atoms with Crippen LogP contribution in [0.1, 0.15) is 23.7 Å². The summed E-state index contributed by atoms with van der Waals surface area (Å²) in [6.07, 6.45) is -0.0586. The van der Waals surface area contributed by atoms with Gasteiger partial charge in [0.2, 0.25) is 12.3 Å². The van der Waals surface area contributed by atoms with Crippen molar-refractivity contribution in [3.8, 4) is 0 Å². The molecule has 8 heteroatoms. The topological polar surface area (TPSA) is 113 Å². The number of para-hydroxylation sites is 1. The lowest BCUT2D eigenvalue weighted by Crippen LogP contribution is -2.41. The molecule has 8 nitrogen and oxygen atoms in total. The van der Waals surface area contributed by atoms with E-state index in [4.69, 9.17) is 9.94 Å². The minimum absolute atomic E-state index is 0.119. The zero-order valence-corrected chi connectivity index (χ0v) is 12.1. The molecule has 2 N–H and O–H groups in total. The number of carbonyl (C=O) groups is 4. The number of amides is 2. The fourth-order valence-corrected chi connectivity index (χ4v) is 1.84. The van der Waals surface area contributed by atoms with Gasteiger partial charge in [0.15, 0.2) is 5.78 Å². The lowest BCUT2D eigenvalue weighted by molar-refractivity contribution is -0.141. The Morgan fingerprint density at radius 1 is 1.36 bits per heavy atom. The molecule has 0 saturated carbocycles. The Morgan fingerprint density at radius 3 is 2.50 bits per heavy atom. The van der Waals surface area contributed by atoms with Crippen molar-refractivity contribution in [2.75, 3.05) is 12.2 Å². The maximum atomic E-state index is 12.3. The van der Waals surface area contributed by atoms with Crippen LogP contribution in [0, 0.1) is 0 Å².